The van der Waals surface area contributed by atoms with Crippen LogP contribution in [-0.4, -0.2) is 0 Å². The van der Waals surface area contributed by atoms with Gasteiger partial charge in [0.2, 0.25) is 0 Å². The molecule has 0 saturated carbocycles. The molecule has 1 aliphatic rings. The van der Waals surface area contributed by atoms with Gasteiger partial charge in [-0.3, -0.25) is 0 Å². The fourth-order valence-electron chi connectivity index (χ4n) is 4.90. The van der Waals surface area contributed by atoms with Crippen LogP contribution in [0.25, 0.3) is 10.8 Å². The average molecular weight is 422 g/mol. The number of hydrogen-bond donors (Lipinski definition) is 0. The molecule has 0 nitrogen and oxygen atoms in total. The van der Waals surface area contributed by atoms with Crippen molar-refractivity contribution in [1.82, 2.24) is 0 Å². The molecule has 0 saturated heterocycles. The number of hydrogen-bond acceptors (Lipinski definition) is 0. The summed E-state index contributed by atoms with van der Waals surface area (Å²) < 4.78 is 82.0. The largest absolute Gasteiger partial charge is 0.422 e. The molecule has 0 aliphatic heterocycles. The van der Waals surface area contributed by atoms with Crippen LogP contribution in [0.15, 0.2) is 42.5 Å². The Balaban J connectivity index is 1.92. The van der Waals surface area contributed by atoms with Gasteiger partial charge in [-0.25, -0.2) is 13.2 Å². The molecule has 0 bridgehead atoms. The Bertz CT molecular complexity index is 1080. The van der Waals surface area contributed by atoms with Crippen molar-refractivity contribution in [3.63, 3.8) is 0 Å². The third-order valence-corrected chi connectivity index (χ3v) is 6.09. The highest BCUT2D eigenvalue weighted by Gasteiger charge is 2.39. The molecule has 4 rings (SSSR count). The van der Waals surface area contributed by atoms with Crippen LogP contribution >= 0.6 is 0 Å². The van der Waals surface area contributed by atoms with E-state index >= 15 is 0 Å². The van der Waals surface area contributed by atoms with Crippen LogP contribution in [0.2, 0.25) is 0 Å². The molecule has 30 heavy (non-hydrogen) atoms. The molecule has 0 spiro atoms. The van der Waals surface area contributed by atoms with Gasteiger partial charge < -0.3 is 0 Å². The molecular weight excluding hydrogens is 402 g/mol. The molecule has 0 fully saturated rings. The zero-order valence-electron chi connectivity index (χ0n) is 16.3. The van der Waals surface area contributed by atoms with Gasteiger partial charge in [-0.2, -0.15) is 13.2 Å². The topological polar surface area (TPSA) is 0 Å². The summed E-state index contributed by atoms with van der Waals surface area (Å²) in [6, 6.07) is 9.80. The van der Waals surface area contributed by atoms with Gasteiger partial charge in [0.15, 0.2) is 0 Å². The summed E-state index contributed by atoms with van der Waals surface area (Å²) in [5, 5.41) is 1.20. The molecule has 2 unspecified atom stereocenters. The monoisotopic (exact) mass is 422 g/mol. The third kappa shape index (κ3) is 3.46. The van der Waals surface area contributed by atoms with Gasteiger partial charge in [-0.15, -0.1) is 0 Å². The maximum absolute atomic E-state index is 14.3. The quantitative estimate of drug-likeness (QED) is 0.378. The average Bonchev–Trinajstić information content (AvgIpc) is 2.66. The van der Waals surface area contributed by atoms with Crippen LogP contribution < -0.4 is 0 Å². The lowest BCUT2D eigenvalue weighted by Gasteiger charge is -2.35. The van der Waals surface area contributed by atoms with E-state index in [-0.39, 0.29) is 17.3 Å². The maximum atomic E-state index is 14.3. The van der Waals surface area contributed by atoms with Crippen molar-refractivity contribution in [3.05, 3.63) is 82.2 Å². The van der Waals surface area contributed by atoms with Crippen LogP contribution in [-0.2, 0) is 12.6 Å². The van der Waals surface area contributed by atoms with Gasteiger partial charge >= 0.3 is 6.18 Å². The van der Waals surface area contributed by atoms with Crippen LogP contribution in [0.5, 0.6) is 0 Å². The standard InChI is InChI=1S/C24H20F6/c1-2-4-13-7-8-16-15-5-3-6-19(25)17(15)9-10-18(16)22(13)14-11-20(26)23(21(27)12-14)24(28,29)30/h3,5-6,9-13,22H,2,4,7-8H2,1H3. The minimum absolute atomic E-state index is 0.0315. The van der Waals surface area contributed by atoms with Crippen molar-refractivity contribution in [2.24, 2.45) is 5.92 Å². The summed E-state index contributed by atoms with van der Waals surface area (Å²) in [5.74, 6) is -3.98. The summed E-state index contributed by atoms with van der Waals surface area (Å²) in [4.78, 5) is 0. The summed E-state index contributed by atoms with van der Waals surface area (Å²) in [5.41, 5.74) is 0.0180. The molecule has 0 amide bonds. The molecule has 0 heterocycles. The van der Waals surface area contributed by atoms with E-state index < -0.39 is 29.3 Å². The Labute approximate surface area is 170 Å². The molecule has 0 radical (unpaired) electrons. The molecular formula is C24H20F6. The lowest BCUT2D eigenvalue weighted by atomic mass is 9.69. The van der Waals surface area contributed by atoms with Gasteiger partial charge in [0.05, 0.1) is 0 Å². The first-order valence-electron chi connectivity index (χ1n) is 9.98. The first-order chi connectivity index (χ1) is 14.2. The molecule has 0 aromatic heterocycles. The van der Waals surface area contributed by atoms with Gasteiger partial charge in [-0.05, 0) is 65.5 Å². The predicted octanol–water partition coefficient (Wildman–Crippen LogP) is 7.77. The summed E-state index contributed by atoms with van der Waals surface area (Å²) in [6.07, 6.45) is -2.10. The van der Waals surface area contributed by atoms with E-state index in [4.69, 9.17) is 0 Å². The fourth-order valence-corrected chi connectivity index (χ4v) is 4.90. The predicted molar refractivity (Wildman–Crippen MR) is 104 cm³/mol. The van der Waals surface area contributed by atoms with Crippen molar-refractivity contribution in [2.45, 2.75) is 44.7 Å². The Morgan fingerprint density at radius 3 is 2.23 bits per heavy atom. The Kier molecular flexibility index (Phi) is 5.28. The van der Waals surface area contributed by atoms with Gasteiger partial charge in [0.1, 0.15) is 23.0 Å². The first kappa shape index (κ1) is 20.8. The Hall–Kier alpha value is -2.50. The molecule has 6 heteroatoms. The normalized spacial score (nSPS) is 19.2. The van der Waals surface area contributed by atoms with E-state index in [0.29, 0.717) is 18.2 Å². The van der Waals surface area contributed by atoms with Crippen molar-refractivity contribution >= 4 is 10.8 Å². The van der Waals surface area contributed by atoms with Crippen LogP contribution in [0.4, 0.5) is 26.3 Å². The Morgan fingerprint density at radius 1 is 0.900 bits per heavy atom. The highest BCUT2D eigenvalue weighted by atomic mass is 19.4. The minimum Gasteiger partial charge on any atom is -0.206 e. The summed E-state index contributed by atoms with van der Waals surface area (Å²) >= 11 is 0. The molecule has 158 valence electrons. The van der Waals surface area contributed by atoms with Crippen molar-refractivity contribution in [1.29, 1.82) is 0 Å². The van der Waals surface area contributed by atoms with E-state index in [9.17, 15) is 26.3 Å². The highest BCUT2D eigenvalue weighted by Crippen LogP contribution is 2.46. The van der Waals surface area contributed by atoms with E-state index in [1.165, 1.54) is 6.07 Å². The zero-order chi connectivity index (χ0) is 21.6. The van der Waals surface area contributed by atoms with Crippen molar-refractivity contribution in [3.8, 4) is 0 Å². The van der Waals surface area contributed by atoms with E-state index in [1.54, 1.807) is 18.2 Å². The summed E-state index contributed by atoms with van der Waals surface area (Å²) in [7, 11) is 0. The maximum Gasteiger partial charge on any atom is 0.422 e. The second-order valence-corrected chi connectivity index (χ2v) is 7.89. The van der Waals surface area contributed by atoms with Gasteiger partial charge in [-0.1, -0.05) is 37.6 Å². The Morgan fingerprint density at radius 2 is 1.60 bits per heavy atom. The first-order valence-corrected chi connectivity index (χ1v) is 9.98. The van der Waals surface area contributed by atoms with E-state index in [0.717, 1.165) is 41.5 Å². The second-order valence-electron chi connectivity index (χ2n) is 7.89. The number of aryl methyl sites for hydroxylation is 1. The number of benzene rings is 3. The van der Waals surface area contributed by atoms with E-state index in [1.807, 2.05) is 13.0 Å². The molecule has 3 aromatic carbocycles. The second kappa shape index (κ2) is 7.64. The van der Waals surface area contributed by atoms with Crippen LogP contribution in [0.3, 0.4) is 0 Å². The van der Waals surface area contributed by atoms with Gasteiger partial charge in [0, 0.05) is 11.3 Å². The molecule has 0 N–H and O–H groups in total. The zero-order valence-corrected chi connectivity index (χ0v) is 16.3. The number of fused-ring (bicyclic) bond motifs is 3. The van der Waals surface area contributed by atoms with Crippen LogP contribution in [0.1, 0.15) is 54.4 Å². The molecule has 3 aromatic rings. The molecule has 2 atom stereocenters. The summed E-state index contributed by atoms with van der Waals surface area (Å²) in [6.45, 7) is 2.00. The molecule has 1 aliphatic carbocycles. The smallest absolute Gasteiger partial charge is 0.206 e. The van der Waals surface area contributed by atoms with Gasteiger partial charge in [0.25, 0.3) is 0 Å². The van der Waals surface area contributed by atoms with Crippen LogP contribution in [0, 0.1) is 23.4 Å². The lowest BCUT2D eigenvalue weighted by molar-refractivity contribution is -0.142. The van der Waals surface area contributed by atoms with E-state index in [2.05, 4.69) is 0 Å². The highest BCUT2D eigenvalue weighted by molar-refractivity contribution is 5.88. The fraction of sp³-hybridized carbons (Fsp3) is 0.333. The minimum atomic E-state index is -5.10. The number of rotatable bonds is 3. The lowest BCUT2D eigenvalue weighted by Crippen LogP contribution is -2.23. The van der Waals surface area contributed by atoms with Crippen molar-refractivity contribution < 1.29 is 26.3 Å². The third-order valence-electron chi connectivity index (χ3n) is 6.09. The van der Waals surface area contributed by atoms with Crippen molar-refractivity contribution in [2.75, 3.05) is 0 Å². The number of alkyl halides is 3. The number of halogens is 6. The SMILES string of the molecule is CCCC1CCc2c(ccc3c(F)cccc23)C1c1cc(F)c(C(F)(F)F)c(F)c1.